The molecule has 1 aromatic rings. The Balaban J connectivity index is 2.39. The molecule has 0 aromatic heterocycles. The number of rotatable bonds is 9. The SMILES string of the molecule is CCCCOCCOc1ccc(C=O)cc1OC. The summed E-state index contributed by atoms with van der Waals surface area (Å²) < 4.78 is 16.1. The van der Waals surface area contributed by atoms with Gasteiger partial charge in [0.15, 0.2) is 11.5 Å². The third kappa shape index (κ3) is 4.75. The molecule has 0 bridgehead atoms. The van der Waals surface area contributed by atoms with E-state index in [4.69, 9.17) is 14.2 Å². The van der Waals surface area contributed by atoms with Gasteiger partial charge in [-0.1, -0.05) is 13.3 Å². The Morgan fingerprint density at radius 3 is 2.67 bits per heavy atom. The largest absolute Gasteiger partial charge is 0.493 e. The number of unbranched alkanes of at least 4 members (excludes halogenated alkanes) is 1. The van der Waals surface area contributed by atoms with Gasteiger partial charge in [-0.3, -0.25) is 4.79 Å². The number of methoxy groups -OCH3 is 1. The first-order valence-electron chi connectivity index (χ1n) is 6.15. The third-order valence-corrected chi connectivity index (χ3v) is 2.45. The maximum absolute atomic E-state index is 10.6. The van der Waals surface area contributed by atoms with Gasteiger partial charge < -0.3 is 14.2 Å². The molecule has 0 aliphatic heterocycles. The van der Waals surface area contributed by atoms with Gasteiger partial charge in [0, 0.05) is 12.2 Å². The van der Waals surface area contributed by atoms with E-state index in [-0.39, 0.29) is 0 Å². The van der Waals surface area contributed by atoms with E-state index >= 15 is 0 Å². The summed E-state index contributed by atoms with van der Waals surface area (Å²) in [6, 6.07) is 5.08. The van der Waals surface area contributed by atoms with Gasteiger partial charge in [-0.15, -0.1) is 0 Å². The van der Waals surface area contributed by atoms with Gasteiger partial charge in [0.2, 0.25) is 0 Å². The molecular formula is C14H20O4. The molecule has 4 nitrogen and oxygen atoms in total. The number of carbonyl (C=O) groups excluding carboxylic acids is 1. The predicted molar refractivity (Wildman–Crippen MR) is 69.6 cm³/mol. The second-order valence-corrected chi connectivity index (χ2v) is 3.84. The normalized spacial score (nSPS) is 10.1. The number of ether oxygens (including phenoxy) is 3. The van der Waals surface area contributed by atoms with Crippen molar-refractivity contribution in [3.63, 3.8) is 0 Å². The predicted octanol–water partition coefficient (Wildman–Crippen LogP) is 2.70. The minimum Gasteiger partial charge on any atom is -0.493 e. The molecule has 0 heterocycles. The maximum Gasteiger partial charge on any atom is 0.161 e. The summed E-state index contributed by atoms with van der Waals surface area (Å²) >= 11 is 0. The van der Waals surface area contributed by atoms with Gasteiger partial charge in [0.05, 0.1) is 13.7 Å². The van der Waals surface area contributed by atoms with Crippen LogP contribution in [0.1, 0.15) is 30.1 Å². The zero-order chi connectivity index (χ0) is 13.2. The summed E-state index contributed by atoms with van der Waals surface area (Å²) in [4.78, 5) is 10.6. The van der Waals surface area contributed by atoms with Crippen molar-refractivity contribution in [2.75, 3.05) is 26.9 Å². The van der Waals surface area contributed by atoms with Crippen LogP contribution in [0.3, 0.4) is 0 Å². The summed E-state index contributed by atoms with van der Waals surface area (Å²) in [7, 11) is 1.55. The molecule has 0 saturated carbocycles. The Morgan fingerprint density at radius 2 is 2.00 bits per heavy atom. The van der Waals surface area contributed by atoms with Gasteiger partial charge in [-0.05, 0) is 24.6 Å². The van der Waals surface area contributed by atoms with E-state index < -0.39 is 0 Å². The first-order valence-corrected chi connectivity index (χ1v) is 6.15. The maximum atomic E-state index is 10.6. The molecule has 18 heavy (non-hydrogen) atoms. The van der Waals surface area contributed by atoms with Crippen molar-refractivity contribution >= 4 is 6.29 Å². The molecule has 100 valence electrons. The third-order valence-electron chi connectivity index (χ3n) is 2.45. The average Bonchev–Trinajstić information content (AvgIpc) is 2.42. The van der Waals surface area contributed by atoms with Crippen molar-refractivity contribution in [1.82, 2.24) is 0 Å². The Morgan fingerprint density at radius 1 is 1.17 bits per heavy atom. The molecule has 0 aliphatic rings. The molecule has 0 aliphatic carbocycles. The van der Waals surface area contributed by atoms with Crippen molar-refractivity contribution in [1.29, 1.82) is 0 Å². The lowest BCUT2D eigenvalue weighted by Crippen LogP contribution is -2.08. The van der Waals surface area contributed by atoms with Crippen LogP contribution in [-0.4, -0.2) is 33.2 Å². The second kappa shape index (κ2) is 8.53. The quantitative estimate of drug-likeness (QED) is 0.500. The Labute approximate surface area is 108 Å². The zero-order valence-electron chi connectivity index (χ0n) is 11.0. The van der Waals surface area contributed by atoms with Gasteiger partial charge in [0.1, 0.15) is 12.9 Å². The van der Waals surface area contributed by atoms with Gasteiger partial charge in [-0.2, -0.15) is 0 Å². The highest BCUT2D eigenvalue weighted by atomic mass is 16.5. The highest BCUT2D eigenvalue weighted by Gasteiger charge is 2.05. The van der Waals surface area contributed by atoms with E-state index in [1.54, 1.807) is 25.3 Å². The first-order chi connectivity index (χ1) is 8.81. The molecule has 1 rings (SSSR count). The van der Waals surface area contributed by atoms with Gasteiger partial charge in [-0.25, -0.2) is 0 Å². The van der Waals surface area contributed by atoms with Crippen LogP contribution in [0, 0.1) is 0 Å². The lowest BCUT2D eigenvalue weighted by Gasteiger charge is -2.11. The average molecular weight is 252 g/mol. The Kier molecular flexibility index (Phi) is 6.87. The monoisotopic (exact) mass is 252 g/mol. The smallest absolute Gasteiger partial charge is 0.161 e. The Bertz CT molecular complexity index is 363. The minimum atomic E-state index is 0.473. The lowest BCUT2D eigenvalue weighted by molar-refractivity contribution is 0.0969. The molecule has 0 spiro atoms. The van der Waals surface area contributed by atoms with Crippen LogP contribution in [0.25, 0.3) is 0 Å². The molecule has 0 radical (unpaired) electrons. The van der Waals surface area contributed by atoms with Crippen LogP contribution in [-0.2, 0) is 4.74 Å². The fourth-order valence-electron chi connectivity index (χ4n) is 1.44. The molecule has 0 unspecified atom stereocenters. The summed E-state index contributed by atoms with van der Waals surface area (Å²) in [5.41, 5.74) is 0.568. The minimum absolute atomic E-state index is 0.473. The molecular weight excluding hydrogens is 232 g/mol. The Hall–Kier alpha value is -1.55. The van der Waals surface area contributed by atoms with Gasteiger partial charge >= 0.3 is 0 Å². The molecule has 0 atom stereocenters. The van der Waals surface area contributed by atoms with E-state index in [2.05, 4.69) is 6.92 Å². The summed E-state index contributed by atoms with van der Waals surface area (Å²) in [5, 5.41) is 0. The summed E-state index contributed by atoms with van der Waals surface area (Å²) in [6.07, 6.45) is 2.97. The van der Waals surface area contributed by atoms with Crippen molar-refractivity contribution in [2.24, 2.45) is 0 Å². The highest BCUT2D eigenvalue weighted by molar-refractivity contribution is 5.76. The van der Waals surface area contributed by atoms with E-state index in [0.717, 1.165) is 25.7 Å². The number of hydrogen-bond donors (Lipinski definition) is 0. The van der Waals surface area contributed by atoms with E-state index in [1.165, 1.54) is 0 Å². The molecule has 0 saturated heterocycles. The number of aldehydes is 1. The molecule has 1 aromatic carbocycles. The standard InChI is InChI=1S/C14H20O4/c1-3-4-7-17-8-9-18-13-6-5-12(11-15)10-14(13)16-2/h5-6,10-11H,3-4,7-9H2,1-2H3. The summed E-state index contributed by atoms with van der Waals surface area (Å²) in [5.74, 6) is 1.19. The zero-order valence-corrected chi connectivity index (χ0v) is 11.0. The number of hydrogen-bond acceptors (Lipinski definition) is 4. The topological polar surface area (TPSA) is 44.8 Å². The van der Waals surface area contributed by atoms with Crippen LogP contribution in [0.5, 0.6) is 11.5 Å². The molecule has 0 fully saturated rings. The fourth-order valence-corrected chi connectivity index (χ4v) is 1.44. The molecule has 0 amide bonds. The lowest BCUT2D eigenvalue weighted by atomic mass is 10.2. The number of carbonyl (C=O) groups is 1. The first kappa shape index (κ1) is 14.5. The van der Waals surface area contributed by atoms with Crippen LogP contribution in [0.15, 0.2) is 18.2 Å². The van der Waals surface area contributed by atoms with Crippen molar-refractivity contribution in [3.05, 3.63) is 23.8 Å². The van der Waals surface area contributed by atoms with Crippen molar-refractivity contribution < 1.29 is 19.0 Å². The summed E-state index contributed by atoms with van der Waals surface area (Å²) in [6.45, 7) is 3.92. The molecule has 0 N–H and O–H groups in total. The van der Waals surface area contributed by atoms with Crippen LogP contribution in [0.4, 0.5) is 0 Å². The fraction of sp³-hybridized carbons (Fsp3) is 0.500. The number of benzene rings is 1. The van der Waals surface area contributed by atoms with E-state index in [1.807, 2.05) is 0 Å². The highest BCUT2D eigenvalue weighted by Crippen LogP contribution is 2.27. The van der Waals surface area contributed by atoms with Crippen molar-refractivity contribution in [2.45, 2.75) is 19.8 Å². The second-order valence-electron chi connectivity index (χ2n) is 3.84. The van der Waals surface area contributed by atoms with E-state index in [9.17, 15) is 4.79 Å². The molecule has 4 heteroatoms. The van der Waals surface area contributed by atoms with Crippen molar-refractivity contribution in [3.8, 4) is 11.5 Å². The van der Waals surface area contributed by atoms with E-state index in [0.29, 0.717) is 30.3 Å². The van der Waals surface area contributed by atoms with Gasteiger partial charge in [0.25, 0.3) is 0 Å². The van der Waals surface area contributed by atoms with Crippen LogP contribution in [0.2, 0.25) is 0 Å². The van der Waals surface area contributed by atoms with Crippen LogP contribution >= 0.6 is 0 Å². The van der Waals surface area contributed by atoms with Crippen LogP contribution < -0.4 is 9.47 Å².